The highest BCUT2D eigenvalue weighted by Crippen LogP contribution is 2.32. The van der Waals surface area contributed by atoms with E-state index in [1.807, 2.05) is 0 Å². The summed E-state index contributed by atoms with van der Waals surface area (Å²) in [6.07, 6.45) is 2.84. The number of hydrogen-bond donors (Lipinski definition) is 2. The van der Waals surface area contributed by atoms with Gasteiger partial charge in [-0.2, -0.15) is 0 Å². The third kappa shape index (κ3) is 4.77. The Hall–Kier alpha value is -3.40. The van der Waals surface area contributed by atoms with E-state index in [0.717, 1.165) is 0 Å². The summed E-state index contributed by atoms with van der Waals surface area (Å²) >= 11 is 0. The van der Waals surface area contributed by atoms with E-state index in [1.54, 1.807) is 36.9 Å². The Labute approximate surface area is 173 Å². The highest BCUT2D eigenvalue weighted by molar-refractivity contribution is 6.40. The van der Waals surface area contributed by atoms with Crippen molar-refractivity contribution in [2.75, 3.05) is 38.7 Å². The number of oxazole rings is 1. The average molecular weight is 416 g/mol. The van der Waals surface area contributed by atoms with Crippen LogP contribution in [0.2, 0.25) is 0 Å². The van der Waals surface area contributed by atoms with Crippen molar-refractivity contribution in [2.45, 2.75) is 19.4 Å². The Morgan fingerprint density at radius 2 is 1.90 bits per heavy atom. The SMILES string of the molecule is COc1cc(NC(=O)C(=O)NC(C)(C)C(=O)N2CCOCC2)ccc1-c1cnco1. The Balaban J connectivity index is 1.65. The molecule has 1 aromatic carbocycles. The molecule has 10 nitrogen and oxygen atoms in total. The van der Waals surface area contributed by atoms with Crippen molar-refractivity contribution in [1.82, 2.24) is 15.2 Å². The molecule has 1 saturated heterocycles. The topological polar surface area (TPSA) is 123 Å². The fourth-order valence-electron chi connectivity index (χ4n) is 3.06. The summed E-state index contributed by atoms with van der Waals surface area (Å²) in [5, 5.41) is 5.01. The Kier molecular flexibility index (Phi) is 6.36. The lowest BCUT2D eigenvalue weighted by molar-refractivity contribution is -0.145. The second-order valence-electron chi connectivity index (χ2n) is 7.22. The molecule has 0 atom stereocenters. The number of amides is 3. The molecule has 1 aliphatic rings. The molecule has 10 heteroatoms. The minimum atomic E-state index is -1.24. The molecule has 0 unspecified atom stereocenters. The van der Waals surface area contributed by atoms with Crippen LogP contribution in [-0.4, -0.2) is 66.6 Å². The predicted octanol–water partition coefficient (Wildman–Crippen LogP) is 1.04. The number of ether oxygens (including phenoxy) is 2. The first-order valence-electron chi connectivity index (χ1n) is 9.39. The lowest BCUT2D eigenvalue weighted by atomic mass is 10.0. The molecule has 1 aliphatic heterocycles. The molecular weight excluding hydrogens is 392 g/mol. The third-order valence-electron chi connectivity index (χ3n) is 4.62. The first-order valence-corrected chi connectivity index (χ1v) is 9.39. The van der Waals surface area contributed by atoms with Gasteiger partial charge in [-0.25, -0.2) is 4.98 Å². The first kappa shape index (κ1) is 21.3. The van der Waals surface area contributed by atoms with Gasteiger partial charge < -0.3 is 29.4 Å². The lowest BCUT2D eigenvalue weighted by Crippen LogP contribution is -2.59. The molecule has 30 heavy (non-hydrogen) atoms. The summed E-state index contributed by atoms with van der Waals surface area (Å²) < 4.78 is 15.8. The van der Waals surface area contributed by atoms with Crippen molar-refractivity contribution in [1.29, 1.82) is 0 Å². The van der Waals surface area contributed by atoms with Gasteiger partial charge >= 0.3 is 11.8 Å². The Bertz CT molecular complexity index is 919. The van der Waals surface area contributed by atoms with Crippen LogP contribution in [0, 0.1) is 0 Å². The van der Waals surface area contributed by atoms with E-state index in [0.29, 0.717) is 49.1 Å². The van der Waals surface area contributed by atoms with Crippen LogP contribution in [0.1, 0.15) is 13.8 Å². The van der Waals surface area contributed by atoms with Crippen molar-refractivity contribution in [3.8, 4) is 17.1 Å². The quantitative estimate of drug-likeness (QED) is 0.698. The number of morpholine rings is 1. The number of methoxy groups -OCH3 is 1. The van der Waals surface area contributed by atoms with Gasteiger partial charge in [0.25, 0.3) is 0 Å². The second kappa shape index (κ2) is 8.95. The van der Waals surface area contributed by atoms with Crippen molar-refractivity contribution in [3.05, 3.63) is 30.8 Å². The van der Waals surface area contributed by atoms with Crippen LogP contribution in [0.15, 0.2) is 35.2 Å². The van der Waals surface area contributed by atoms with Crippen molar-refractivity contribution < 1.29 is 28.3 Å². The van der Waals surface area contributed by atoms with Crippen LogP contribution in [-0.2, 0) is 19.1 Å². The molecule has 0 aliphatic carbocycles. The van der Waals surface area contributed by atoms with E-state index in [2.05, 4.69) is 15.6 Å². The van der Waals surface area contributed by atoms with Crippen LogP contribution in [0.5, 0.6) is 5.75 Å². The molecule has 3 rings (SSSR count). The van der Waals surface area contributed by atoms with Gasteiger partial charge in [-0.15, -0.1) is 0 Å². The molecular formula is C20H24N4O6. The van der Waals surface area contributed by atoms with Gasteiger partial charge in [0.1, 0.15) is 11.3 Å². The molecule has 2 aromatic rings. The zero-order chi connectivity index (χ0) is 21.7. The summed E-state index contributed by atoms with van der Waals surface area (Å²) in [5.74, 6) is -1.14. The average Bonchev–Trinajstić information content (AvgIpc) is 3.28. The van der Waals surface area contributed by atoms with Crippen LogP contribution >= 0.6 is 0 Å². The van der Waals surface area contributed by atoms with Crippen molar-refractivity contribution in [2.24, 2.45) is 0 Å². The Morgan fingerprint density at radius 3 is 2.53 bits per heavy atom. The molecule has 0 spiro atoms. The molecule has 2 heterocycles. The normalized spacial score (nSPS) is 14.2. The Morgan fingerprint density at radius 1 is 1.17 bits per heavy atom. The van der Waals surface area contributed by atoms with Crippen molar-refractivity contribution in [3.63, 3.8) is 0 Å². The summed E-state index contributed by atoms with van der Waals surface area (Å²) in [7, 11) is 1.48. The van der Waals surface area contributed by atoms with Crippen molar-refractivity contribution >= 4 is 23.4 Å². The lowest BCUT2D eigenvalue weighted by Gasteiger charge is -2.34. The number of nitrogens with one attached hydrogen (secondary N) is 2. The molecule has 2 N–H and O–H groups in total. The van der Waals surface area contributed by atoms with Crippen LogP contribution in [0.4, 0.5) is 5.69 Å². The zero-order valence-electron chi connectivity index (χ0n) is 17.1. The minimum Gasteiger partial charge on any atom is -0.496 e. The third-order valence-corrected chi connectivity index (χ3v) is 4.62. The maximum absolute atomic E-state index is 12.7. The summed E-state index contributed by atoms with van der Waals surface area (Å²) in [6, 6.07) is 4.85. The monoisotopic (exact) mass is 416 g/mol. The van der Waals surface area contributed by atoms with Gasteiger partial charge in [-0.1, -0.05) is 0 Å². The van der Waals surface area contributed by atoms with Gasteiger partial charge in [0.15, 0.2) is 12.2 Å². The van der Waals surface area contributed by atoms with Gasteiger partial charge in [-0.3, -0.25) is 14.4 Å². The minimum absolute atomic E-state index is 0.273. The molecule has 1 fully saturated rings. The maximum atomic E-state index is 12.7. The number of hydrogen-bond acceptors (Lipinski definition) is 7. The number of aromatic nitrogens is 1. The molecule has 0 saturated carbocycles. The number of nitrogens with zero attached hydrogens (tertiary/aromatic N) is 2. The van der Waals surface area contributed by atoms with E-state index < -0.39 is 17.4 Å². The summed E-state index contributed by atoms with van der Waals surface area (Å²) in [5.41, 5.74) is -0.234. The van der Waals surface area contributed by atoms with Gasteiger partial charge in [0, 0.05) is 24.8 Å². The fraction of sp³-hybridized carbons (Fsp3) is 0.400. The van der Waals surface area contributed by atoms with Crippen LogP contribution in [0.3, 0.4) is 0 Å². The standard InChI is InChI=1S/C20H24N4O6/c1-20(2,19(27)24-6-8-29-9-7-24)23-18(26)17(25)22-13-4-5-14(15(10-13)28-3)16-11-21-12-30-16/h4-5,10-12H,6-9H2,1-3H3,(H,22,25)(H,23,26). The first-order chi connectivity index (χ1) is 14.3. The molecule has 0 radical (unpaired) electrons. The van der Waals surface area contributed by atoms with Gasteiger partial charge in [-0.05, 0) is 26.0 Å². The smallest absolute Gasteiger partial charge is 0.313 e. The van der Waals surface area contributed by atoms with E-state index in [4.69, 9.17) is 13.9 Å². The number of anilines is 1. The van der Waals surface area contributed by atoms with E-state index >= 15 is 0 Å². The molecule has 0 bridgehead atoms. The summed E-state index contributed by atoms with van der Waals surface area (Å²) in [4.78, 5) is 42.9. The largest absolute Gasteiger partial charge is 0.496 e. The number of benzene rings is 1. The summed E-state index contributed by atoms with van der Waals surface area (Å²) in [6.45, 7) is 4.91. The van der Waals surface area contributed by atoms with Gasteiger partial charge in [0.2, 0.25) is 5.91 Å². The maximum Gasteiger partial charge on any atom is 0.313 e. The fourth-order valence-corrected chi connectivity index (χ4v) is 3.06. The molecule has 160 valence electrons. The van der Waals surface area contributed by atoms with Crippen LogP contribution in [0.25, 0.3) is 11.3 Å². The van der Waals surface area contributed by atoms with E-state index in [-0.39, 0.29) is 5.91 Å². The highest BCUT2D eigenvalue weighted by Gasteiger charge is 2.35. The van der Waals surface area contributed by atoms with E-state index in [9.17, 15) is 14.4 Å². The van der Waals surface area contributed by atoms with Gasteiger partial charge in [0.05, 0.1) is 32.1 Å². The second-order valence-corrected chi connectivity index (χ2v) is 7.22. The number of carbonyl (C=O) groups excluding carboxylic acids is 3. The number of carbonyl (C=O) groups is 3. The van der Waals surface area contributed by atoms with Crippen LogP contribution < -0.4 is 15.4 Å². The highest BCUT2D eigenvalue weighted by atomic mass is 16.5. The molecule has 3 amide bonds. The predicted molar refractivity (Wildman–Crippen MR) is 107 cm³/mol. The molecule has 1 aromatic heterocycles. The van der Waals surface area contributed by atoms with E-state index in [1.165, 1.54) is 19.7 Å². The number of rotatable bonds is 5. The zero-order valence-corrected chi connectivity index (χ0v) is 17.1.